The highest BCUT2D eigenvalue weighted by Gasteiger charge is 2.52. The summed E-state index contributed by atoms with van der Waals surface area (Å²) in [7, 11) is 0. The first-order valence-corrected chi connectivity index (χ1v) is 7.31. The summed E-state index contributed by atoms with van der Waals surface area (Å²) in [6.45, 7) is 0.871. The average Bonchev–Trinajstić information content (AvgIpc) is 2.65. The molecule has 15 heavy (non-hydrogen) atoms. The van der Waals surface area contributed by atoms with Gasteiger partial charge in [-0.1, -0.05) is 0 Å². The molecule has 0 aliphatic heterocycles. The van der Waals surface area contributed by atoms with Gasteiger partial charge in [0.15, 0.2) is 0 Å². The zero-order valence-electron chi connectivity index (χ0n) is 8.71. The monoisotopic (exact) mass is 285 g/mol. The Bertz CT molecular complexity index is 363. The Balaban J connectivity index is 1.75. The quantitative estimate of drug-likeness (QED) is 0.905. The van der Waals surface area contributed by atoms with Crippen LogP contribution in [0.2, 0.25) is 0 Å². The Kier molecular flexibility index (Phi) is 2.45. The van der Waals surface area contributed by atoms with Crippen molar-refractivity contribution in [2.45, 2.75) is 25.7 Å². The van der Waals surface area contributed by atoms with Crippen molar-refractivity contribution in [3.05, 3.63) is 20.8 Å². The minimum absolute atomic E-state index is 0.442. The highest BCUT2D eigenvalue weighted by molar-refractivity contribution is 9.10. The summed E-state index contributed by atoms with van der Waals surface area (Å²) in [5.41, 5.74) is 6.44. The number of fused-ring (bicyclic) bond motifs is 1. The molecule has 0 aromatic carbocycles. The smallest absolute Gasteiger partial charge is 0.0285 e. The van der Waals surface area contributed by atoms with E-state index in [1.54, 1.807) is 0 Å². The zero-order valence-corrected chi connectivity index (χ0v) is 11.1. The van der Waals surface area contributed by atoms with Crippen LogP contribution in [0.15, 0.2) is 15.9 Å². The fourth-order valence-electron chi connectivity index (χ4n) is 3.21. The van der Waals surface area contributed by atoms with Crippen LogP contribution in [-0.2, 0) is 6.42 Å². The predicted octanol–water partition coefficient (Wildman–Crippen LogP) is 3.43. The summed E-state index contributed by atoms with van der Waals surface area (Å²) < 4.78 is 1.22. The van der Waals surface area contributed by atoms with Gasteiger partial charge in [-0.15, -0.1) is 11.3 Å². The van der Waals surface area contributed by atoms with E-state index < -0.39 is 0 Å². The highest BCUT2D eigenvalue weighted by atomic mass is 79.9. The van der Waals surface area contributed by atoms with Crippen LogP contribution in [0.4, 0.5) is 0 Å². The van der Waals surface area contributed by atoms with E-state index in [-0.39, 0.29) is 0 Å². The second-order valence-corrected chi connectivity index (χ2v) is 7.19. The van der Waals surface area contributed by atoms with Crippen LogP contribution in [-0.4, -0.2) is 6.54 Å². The fraction of sp³-hybridized carbons (Fsp3) is 0.667. The second kappa shape index (κ2) is 3.57. The molecular formula is C12H16BrNS. The van der Waals surface area contributed by atoms with E-state index in [2.05, 4.69) is 27.4 Å². The van der Waals surface area contributed by atoms with Crippen LogP contribution in [0, 0.1) is 17.3 Å². The van der Waals surface area contributed by atoms with Gasteiger partial charge in [-0.25, -0.2) is 0 Å². The molecular weight excluding hydrogens is 270 g/mol. The molecule has 0 spiro atoms. The topological polar surface area (TPSA) is 26.0 Å². The van der Waals surface area contributed by atoms with Gasteiger partial charge < -0.3 is 5.73 Å². The largest absolute Gasteiger partial charge is 0.330 e. The van der Waals surface area contributed by atoms with Gasteiger partial charge in [0.1, 0.15) is 0 Å². The molecule has 1 aromatic rings. The number of nitrogens with two attached hydrogens (primary N) is 1. The maximum atomic E-state index is 6.00. The molecule has 1 nitrogen and oxygen atoms in total. The van der Waals surface area contributed by atoms with Gasteiger partial charge >= 0.3 is 0 Å². The van der Waals surface area contributed by atoms with E-state index in [1.165, 1.54) is 35.0 Å². The summed E-state index contributed by atoms with van der Waals surface area (Å²) in [4.78, 5) is 1.49. The normalized spacial score (nSPS) is 38.0. The van der Waals surface area contributed by atoms with Gasteiger partial charge in [-0.2, -0.15) is 0 Å². The first kappa shape index (κ1) is 10.3. The Labute approximate surface area is 103 Å². The molecule has 0 radical (unpaired) electrons. The number of rotatable bonds is 3. The van der Waals surface area contributed by atoms with Crippen LogP contribution < -0.4 is 5.73 Å². The predicted molar refractivity (Wildman–Crippen MR) is 68.0 cm³/mol. The van der Waals surface area contributed by atoms with Gasteiger partial charge in [0.2, 0.25) is 0 Å². The van der Waals surface area contributed by atoms with Crippen LogP contribution in [0.25, 0.3) is 0 Å². The lowest BCUT2D eigenvalue weighted by Crippen LogP contribution is -2.31. The molecule has 3 heteroatoms. The molecule has 0 saturated heterocycles. The fourth-order valence-corrected chi connectivity index (χ4v) is 4.83. The summed E-state index contributed by atoms with van der Waals surface area (Å²) in [6.07, 6.45) is 5.44. The molecule has 2 saturated carbocycles. The second-order valence-electron chi connectivity index (χ2n) is 5.28. The van der Waals surface area contributed by atoms with Gasteiger partial charge in [0, 0.05) is 14.7 Å². The van der Waals surface area contributed by atoms with E-state index in [0.717, 1.165) is 18.4 Å². The van der Waals surface area contributed by atoms with E-state index in [9.17, 15) is 0 Å². The minimum Gasteiger partial charge on any atom is -0.330 e. The van der Waals surface area contributed by atoms with Gasteiger partial charge in [0.25, 0.3) is 0 Å². The Morgan fingerprint density at radius 3 is 2.73 bits per heavy atom. The van der Waals surface area contributed by atoms with Crippen molar-refractivity contribution in [1.82, 2.24) is 0 Å². The zero-order chi connectivity index (χ0) is 10.5. The molecule has 2 N–H and O–H groups in total. The molecule has 1 heterocycles. The third-order valence-electron chi connectivity index (χ3n) is 4.06. The van der Waals surface area contributed by atoms with Crippen molar-refractivity contribution in [2.24, 2.45) is 23.0 Å². The van der Waals surface area contributed by atoms with E-state index >= 15 is 0 Å². The van der Waals surface area contributed by atoms with Gasteiger partial charge in [-0.05, 0) is 71.5 Å². The van der Waals surface area contributed by atoms with Crippen molar-refractivity contribution in [2.75, 3.05) is 6.54 Å². The molecule has 2 atom stereocenters. The van der Waals surface area contributed by atoms with Crippen LogP contribution in [0.1, 0.15) is 24.1 Å². The number of hydrogen-bond donors (Lipinski definition) is 1. The molecule has 2 aliphatic rings. The number of halogens is 1. The lowest BCUT2D eigenvalue weighted by Gasteiger charge is -2.28. The van der Waals surface area contributed by atoms with E-state index in [4.69, 9.17) is 5.73 Å². The molecule has 82 valence electrons. The highest BCUT2D eigenvalue weighted by Crippen LogP contribution is 2.60. The molecule has 2 aliphatic carbocycles. The van der Waals surface area contributed by atoms with Gasteiger partial charge in [0.05, 0.1) is 0 Å². The maximum absolute atomic E-state index is 6.00. The van der Waals surface area contributed by atoms with Crippen molar-refractivity contribution in [3.63, 3.8) is 0 Å². The van der Waals surface area contributed by atoms with Crippen LogP contribution in [0.5, 0.6) is 0 Å². The Hall–Kier alpha value is 0.140. The molecule has 3 rings (SSSR count). The lowest BCUT2D eigenvalue weighted by atomic mass is 9.79. The molecule has 0 bridgehead atoms. The SMILES string of the molecule is NCC1(Cc2cc(Br)cs2)CC2CC2C1. The first-order valence-electron chi connectivity index (χ1n) is 5.64. The van der Waals surface area contributed by atoms with Crippen LogP contribution in [0.3, 0.4) is 0 Å². The van der Waals surface area contributed by atoms with Crippen molar-refractivity contribution in [1.29, 1.82) is 0 Å². The van der Waals surface area contributed by atoms with Crippen LogP contribution >= 0.6 is 27.3 Å². The molecule has 1 aromatic heterocycles. The standard InChI is InChI=1S/C12H16BrNS/c13-10-2-11(15-6-10)5-12(7-14)3-8-1-9(8)4-12/h2,6,8-9H,1,3-5,7,14H2. The maximum Gasteiger partial charge on any atom is 0.0285 e. The summed E-state index contributed by atoms with van der Waals surface area (Å²) in [5.74, 6) is 2.05. The Morgan fingerprint density at radius 1 is 1.47 bits per heavy atom. The summed E-state index contributed by atoms with van der Waals surface area (Å²) in [5, 5.41) is 2.18. The van der Waals surface area contributed by atoms with Gasteiger partial charge in [-0.3, -0.25) is 0 Å². The van der Waals surface area contributed by atoms with Crippen molar-refractivity contribution in [3.8, 4) is 0 Å². The third-order valence-corrected chi connectivity index (χ3v) is 5.76. The molecule has 2 unspecified atom stereocenters. The van der Waals surface area contributed by atoms with Crippen molar-refractivity contribution < 1.29 is 0 Å². The number of thiophene rings is 1. The van der Waals surface area contributed by atoms with Crippen molar-refractivity contribution >= 4 is 27.3 Å². The lowest BCUT2D eigenvalue weighted by molar-refractivity contribution is 0.275. The number of hydrogen-bond acceptors (Lipinski definition) is 2. The van der Waals surface area contributed by atoms with E-state index in [1.807, 2.05) is 11.3 Å². The minimum atomic E-state index is 0.442. The average molecular weight is 286 g/mol. The molecule has 2 fully saturated rings. The Morgan fingerprint density at radius 2 is 2.20 bits per heavy atom. The molecule has 0 amide bonds. The third kappa shape index (κ3) is 1.90. The first-order chi connectivity index (χ1) is 7.21. The summed E-state index contributed by atoms with van der Waals surface area (Å²) >= 11 is 5.38. The summed E-state index contributed by atoms with van der Waals surface area (Å²) in [6, 6.07) is 2.26. The van der Waals surface area contributed by atoms with E-state index in [0.29, 0.717) is 5.41 Å².